The van der Waals surface area contributed by atoms with E-state index in [1.165, 1.54) is 35.9 Å². The summed E-state index contributed by atoms with van der Waals surface area (Å²) in [5.74, 6) is -0.355. The Labute approximate surface area is 150 Å². The van der Waals surface area contributed by atoms with Gasteiger partial charge in [0, 0.05) is 15.3 Å². The second-order valence-corrected chi connectivity index (χ2v) is 6.89. The second kappa shape index (κ2) is 6.76. The maximum atomic E-state index is 12.4. The highest BCUT2D eigenvalue weighted by atomic mass is 35.5. The molecule has 2 aromatic heterocycles. The van der Waals surface area contributed by atoms with Crippen molar-refractivity contribution in [2.75, 3.05) is 0 Å². The number of rotatable bonds is 3. The van der Waals surface area contributed by atoms with Gasteiger partial charge in [-0.1, -0.05) is 23.2 Å². The first-order valence-electron chi connectivity index (χ1n) is 6.75. The van der Waals surface area contributed by atoms with Gasteiger partial charge in [-0.2, -0.15) is 5.10 Å². The molecule has 0 atom stereocenters. The van der Waals surface area contributed by atoms with Gasteiger partial charge in [0.25, 0.3) is 5.91 Å². The van der Waals surface area contributed by atoms with Gasteiger partial charge in [-0.3, -0.25) is 9.59 Å². The summed E-state index contributed by atoms with van der Waals surface area (Å²) >= 11 is 13.4. The average molecular weight is 381 g/mol. The van der Waals surface area contributed by atoms with Gasteiger partial charge in [0.1, 0.15) is 6.26 Å². The number of aryl methyl sites for hydroxylation is 1. The summed E-state index contributed by atoms with van der Waals surface area (Å²) < 4.78 is 5.36. The number of benzene rings is 1. The quantitative estimate of drug-likeness (QED) is 0.545. The third kappa shape index (κ3) is 3.36. The molecule has 1 amide bonds. The molecule has 1 aromatic carbocycles. The number of nitrogens with zero attached hydrogens (tertiary/aromatic N) is 1. The molecule has 0 radical (unpaired) electrons. The third-order valence-corrected chi connectivity index (χ3v) is 4.54. The number of halogens is 2. The predicted octanol–water partition coefficient (Wildman–Crippen LogP) is 4.23. The van der Waals surface area contributed by atoms with Crippen molar-refractivity contribution < 1.29 is 9.21 Å². The molecule has 0 aliphatic heterocycles. The van der Waals surface area contributed by atoms with Crippen LogP contribution in [0.25, 0.3) is 11.0 Å². The Bertz CT molecular complexity index is 1020. The van der Waals surface area contributed by atoms with Crippen molar-refractivity contribution in [3.8, 4) is 0 Å². The zero-order chi connectivity index (χ0) is 17.3. The monoisotopic (exact) mass is 380 g/mol. The maximum Gasteiger partial charge on any atom is 0.272 e. The fourth-order valence-corrected chi connectivity index (χ4v) is 3.28. The molecule has 2 heterocycles. The molecule has 0 fully saturated rings. The smallest absolute Gasteiger partial charge is 0.272 e. The zero-order valence-electron chi connectivity index (χ0n) is 12.3. The number of carbonyl (C=O) groups is 1. The van der Waals surface area contributed by atoms with Gasteiger partial charge in [-0.25, -0.2) is 5.43 Å². The van der Waals surface area contributed by atoms with Crippen LogP contribution in [0.3, 0.4) is 0 Å². The maximum absolute atomic E-state index is 12.4. The Hall–Kier alpha value is -2.15. The summed E-state index contributed by atoms with van der Waals surface area (Å²) in [6, 6.07) is 4.72. The minimum absolute atomic E-state index is 0.169. The van der Waals surface area contributed by atoms with Crippen molar-refractivity contribution in [1.82, 2.24) is 5.43 Å². The lowest BCUT2D eigenvalue weighted by Gasteiger charge is -2.01. The van der Waals surface area contributed by atoms with Crippen molar-refractivity contribution in [2.24, 2.45) is 5.10 Å². The number of fused-ring (bicyclic) bond motifs is 1. The predicted molar refractivity (Wildman–Crippen MR) is 96.6 cm³/mol. The fraction of sp³-hybridized carbons (Fsp3) is 0.0625. The number of thiophene rings is 1. The molecule has 8 heteroatoms. The van der Waals surface area contributed by atoms with E-state index in [9.17, 15) is 9.59 Å². The summed E-state index contributed by atoms with van der Waals surface area (Å²) in [4.78, 5) is 25.3. The Morgan fingerprint density at radius 1 is 1.33 bits per heavy atom. The number of amides is 1. The van der Waals surface area contributed by atoms with E-state index in [0.29, 0.717) is 10.6 Å². The molecule has 3 aromatic rings. The number of nitrogens with one attached hydrogen (secondary N) is 1. The van der Waals surface area contributed by atoms with Crippen molar-refractivity contribution in [1.29, 1.82) is 0 Å². The van der Waals surface area contributed by atoms with Gasteiger partial charge in [0.05, 0.1) is 27.8 Å². The topological polar surface area (TPSA) is 71.7 Å². The number of hydrogen-bond acceptors (Lipinski definition) is 5. The minimum Gasteiger partial charge on any atom is -0.462 e. The lowest BCUT2D eigenvalue weighted by atomic mass is 10.2. The first-order valence-corrected chi connectivity index (χ1v) is 8.38. The number of hydrazone groups is 1. The second-order valence-electron chi connectivity index (χ2n) is 4.93. The van der Waals surface area contributed by atoms with Gasteiger partial charge < -0.3 is 4.42 Å². The van der Waals surface area contributed by atoms with Crippen molar-refractivity contribution in [3.05, 3.63) is 66.1 Å². The zero-order valence-corrected chi connectivity index (χ0v) is 14.6. The van der Waals surface area contributed by atoms with Crippen LogP contribution in [-0.4, -0.2) is 12.1 Å². The van der Waals surface area contributed by atoms with E-state index in [1.54, 1.807) is 11.4 Å². The molecule has 5 nitrogen and oxygen atoms in total. The van der Waals surface area contributed by atoms with E-state index in [4.69, 9.17) is 27.6 Å². The molecule has 0 saturated heterocycles. The molecular formula is C16H10Cl2N2O3S. The van der Waals surface area contributed by atoms with Crippen LogP contribution in [0.4, 0.5) is 0 Å². The average Bonchev–Trinajstić information content (AvgIpc) is 2.96. The molecular weight excluding hydrogens is 371 g/mol. The third-order valence-electron chi connectivity index (χ3n) is 3.18. The Balaban J connectivity index is 1.86. The fourth-order valence-electron chi connectivity index (χ4n) is 2.06. The minimum atomic E-state index is -0.355. The largest absolute Gasteiger partial charge is 0.462 e. The van der Waals surface area contributed by atoms with E-state index in [1.807, 2.05) is 6.92 Å². The summed E-state index contributed by atoms with van der Waals surface area (Å²) in [5.41, 5.74) is 2.95. The Kier molecular flexibility index (Phi) is 4.71. The summed E-state index contributed by atoms with van der Waals surface area (Å²) in [5, 5.41) is 6.35. The highest BCUT2D eigenvalue weighted by molar-refractivity contribution is 7.10. The van der Waals surface area contributed by atoms with E-state index in [0.717, 1.165) is 4.88 Å². The highest BCUT2D eigenvalue weighted by Crippen LogP contribution is 2.26. The van der Waals surface area contributed by atoms with E-state index >= 15 is 0 Å². The van der Waals surface area contributed by atoms with Crippen molar-refractivity contribution in [2.45, 2.75) is 6.92 Å². The Morgan fingerprint density at radius 2 is 2.12 bits per heavy atom. The SMILES string of the molecule is Cc1cc(C(=O)N/N=C\c2coc3c(Cl)cc(Cl)cc3c2=O)cs1. The molecule has 0 saturated carbocycles. The summed E-state index contributed by atoms with van der Waals surface area (Å²) in [7, 11) is 0. The lowest BCUT2D eigenvalue weighted by molar-refractivity contribution is 0.0955. The molecule has 0 spiro atoms. The van der Waals surface area contributed by atoms with Crippen molar-refractivity contribution >= 4 is 57.6 Å². The van der Waals surface area contributed by atoms with E-state index in [2.05, 4.69) is 10.5 Å². The molecule has 0 bridgehead atoms. The molecule has 1 N–H and O–H groups in total. The van der Waals surface area contributed by atoms with Gasteiger partial charge in [0.15, 0.2) is 5.58 Å². The highest BCUT2D eigenvalue weighted by Gasteiger charge is 2.10. The Morgan fingerprint density at radius 3 is 2.83 bits per heavy atom. The van der Waals surface area contributed by atoms with Crippen molar-refractivity contribution in [3.63, 3.8) is 0 Å². The van der Waals surface area contributed by atoms with Gasteiger partial charge in [-0.05, 0) is 25.1 Å². The first-order chi connectivity index (χ1) is 11.5. The normalized spacial score (nSPS) is 11.3. The molecule has 0 aliphatic rings. The van der Waals surface area contributed by atoms with Crippen LogP contribution in [0.5, 0.6) is 0 Å². The van der Waals surface area contributed by atoms with Gasteiger partial charge >= 0.3 is 0 Å². The molecule has 24 heavy (non-hydrogen) atoms. The lowest BCUT2D eigenvalue weighted by Crippen LogP contribution is -2.18. The van der Waals surface area contributed by atoms with Crippen LogP contribution in [0.2, 0.25) is 10.0 Å². The summed E-state index contributed by atoms with van der Waals surface area (Å²) in [6.07, 6.45) is 2.45. The molecule has 3 rings (SSSR count). The summed E-state index contributed by atoms with van der Waals surface area (Å²) in [6.45, 7) is 1.90. The first kappa shape index (κ1) is 16.7. The van der Waals surface area contributed by atoms with Crippen LogP contribution in [0.1, 0.15) is 20.8 Å². The number of hydrogen-bond donors (Lipinski definition) is 1. The van der Waals surface area contributed by atoms with Crippen LogP contribution < -0.4 is 10.9 Å². The van der Waals surface area contributed by atoms with E-state index < -0.39 is 0 Å². The molecule has 0 aliphatic carbocycles. The van der Waals surface area contributed by atoms with Crippen LogP contribution in [0, 0.1) is 6.92 Å². The van der Waals surface area contributed by atoms with Gasteiger partial charge in [-0.15, -0.1) is 11.3 Å². The van der Waals surface area contributed by atoms with E-state index in [-0.39, 0.29) is 32.9 Å². The molecule has 0 unspecified atom stereocenters. The van der Waals surface area contributed by atoms with Crippen LogP contribution >= 0.6 is 34.5 Å². The standard InChI is InChI=1S/C16H10Cl2N2O3S/c1-8-2-9(7-24-8)16(22)20-19-5-10-6-23-15-12(14(10)21)3-11(17)4-13(15)18/h2-7H,1H3,(H,20,22)/b19-5-. The number of carbonyl (C=O) groups excluding carboxylic acids is 1. The van der Waals surface area contributed by atoms with Crippen LogP contribution in [0.15, 0.2) is 44.2 Å². The van der Waals surface area contributed by atoms with Gasteiger partial charge in [0.2, 0.25) is 5.43 Å². The molecule has 122 valence electrons. The van der Waals surface area contributed by atoms with Crippen LogP contribution in [-0.2, 0) is 0 Å².